The second-order valence-corrected chi connectivity index (χ2v) is 8.10. The Kier molecular flexibility index (Phi) is 5.28. The normalized spacial score (nSPS) is 18.4. The molecule has 21 heavy (non-hydrogen) atoms. The zero-order valence-electron chi connectivity index (χ0n) is 10.9. The van der Waals surface area contributed by atoms with Crippen LogP contribution in [0.3, 0.4) is 0 Å². The minimum absolute atomic E-state index is 0.155. The van der Waals surface area contributed by atoms with Crippen LogP contribution in [0, 0.1) is 10.1 Å². The third-order valence-electron chi connectivity index (χ3n) is 2.84. The van der Waals surface area contributed by atoms with E-state index >= 15 is 0 Å². The molecule has 0 spiro atoms. The summed E-state index contributed by atoms with van der Waals surface area (Å²) < 4.78 is 25.9. The van der Waals surface area contributed by atoms with Crippen molar-refractivity contribution in [2.75, 3.05) is 12.3 Å². The fraction of sp³-hybridized carbons (Fsp3) is 0.333. The van der Waals surface area contributed by atoms with Crippen LogP contribution in [0.15, 0.2) is 40.0 Å². The standard InChI is InChI=1S/C12H13BrN2O4S2/c13-11(15(16)17)12-14(7-4-8-20-12)21(18,19)9-10-5-2-1-3-6-10/h1-3,5-6H,4,7-9H2. The molecule has 1 heterocycles. The van der Waals surface area contributed by atoms with Crippen molar-refractivity contribution in [3.05, 3.63) is 55.6 Å². The lowest BCUT2D eigenvalue weighted by molar-refractivity contribution is -0.410. The Hall–Kier alpha value is -1.06. The molecule has 2 rings (SSSR count). The van der Waals surface area contributed by atoms with E-state index < -0.39 is 14.9 Å². The number of sulfonamides is 1. The lowest BCUT2D eigenvalue weighted by Crippen LogP contribution is -2.35. The maximum Gasteiger partial charge on any atom is 0.341 e. The van der Waals surface area contributed by atoms with Crippen molar-refractivity contribution >= 4 is 37.7 Å². The van der Waals surface area contributed by atoms with Gasteiger partial charge in [0, 0.05) is 28.2 Å². The van der Waals surface area contributed by atoms with Crippen molar-refractivity contribution in [1.82, 2.24) is 4.31 Å². The Balaban J connectivity index is 2.33. The summed E-state index contributed by atoms with van der Waals surface area (Å²) in [5, 5.41) is 11.1. The molecule has 0 radical (unpaired) electrons. The number of hydrogen-bond donors (Lipinski definition) is 0. The highest BCUT2D eigenvalue weighted by molar-refractivity contribution is 9.11. The van der Waals surface area contributed by atoms with Crippen LogP contribution < -0.4 is 0 Å². The van der Waals surface area contributed by atoms with Crippen molar-refractivity contribution in [3.63, 3.8) is 0 Å². The van der Waals surface area contributed by atoms with Crippen molar-refractivity contribution in [2.45, 2.75) is 12.2 Å². The van der Waals surface area contributed by atoms with E-state index in [1.165, 1.54) is 11.8 Å². The van der Waals surface area contributed by atoms with E-state index in [9.17, 15) is 18.5 Å². The molecule has 0 aliphatic carbocycles. The van der Waals surface area contributed by atoms with Gasteiger partial charge in [-0.25, -0.2) is 8.42 Å². The molecule has 0 unspecified atom stereocenters. The quantitative estimate of drug-likeness (QED) is 0.447. The van der Waals surface area contributed by atoms with Gasteiger partial charge in [0.2, 0.25) is 10.0 Å². The maximum atomic E-state index is 12.5. The van der Waals surface area contributed by atoms with Gasteiger partial charge in [0.25, 0.3) is 0 Å². The van der Waals surface area contributed by atoms with Gasteiger partial charge in [0.05, 0.1) is 10.7 Å². The minimum atomic E-state index is -3.64. The van der Waals surface area contributed by atoms with Gasteiger partial charge in [-0.05, 0) is 12.0 Å². The predicted molar refractivity (Wildman–Crippen MR) is 85.8 cm³/mol. The fourth-order valence-corrected chi connectivity index (χ4v) is 5.50. The van der Waals surface area contributed by atoms with Crippen LogP contribution in [0.2, 0.25) is 0 Å². The lowest BCUT2D eigenvalue weighted by Gasteiger charge is -2.29. The third kappa shape index (κ3) is 3.98. The minimum Gasteiger partial charge on any atom is -0.258 e. The molecule has 6 nitrogen and oxygen atoms in total. The third-order valence-corrected chi connectivity index (χ3v) is 6.79. The summed E-state index contributed by atoms with van der Waals surface area (Å²) >= 11 is 4.06. The van der Waals surface area contributed by atoms with Crippen LogP contribution in [-0.2, 0) is 15.8 Å². The number of nitro groups is 1. The van der Waals surface area contributed by atoms with E-state index in [1.807, 2.05) is 6.07 Å². The Morgan fingerprint density at radius 3 is 2.67 bits per heavy atom. The molecule has 9 heteroatoms. The first kappa shape index (κ1) is 16.3. The Bertz CT molecular complexity index is 661. The number of thioether (sulfide) groups is 1. The van der Waals surface area contributed by atoms with E-state index in [0.29, 0.717) is 17.7 Å². The van der Waals surface area contributed by atoms with Gasteiger partial charge in [-0.1, -0.05) is 42.1 Å². The summed E-state index contributed by atoms with van der Waals surface area (Å²) in [5.41, 5.74) is 0.657. The zero-order chi connectivity index (χ0) is 15.5. The second-order valence-electron chi connectivity index (χ2n) is 4.37. The van der Waals surface area contributed by atoms with Gasteiger partial charge in [0.15, 0.2) is 5.03 Å². The first-order chi connectivity index (χ1) is 9.92. The van der Waals surface area contributed by atoms with E-state index in [2.05, 4.69) is 15.9 Å². The second kappa shape index (κ2) is 6.80. The molecule has 0 N–H and O–H groups in total. The largest absolute Gasteiger partial charge is 0.341 e. The molecule has 1 aliphatic heterocycles. The van der Waals surface area contributed by atoms with E-state index in [1.54, 1.807) is 24.3 Å². The van der Waals surface area contributed by atoms with Gasteiger partial charge >= 0.3 is 4.61 Å². The zero-order valence-corrected chi connectivity index (χ0v) is 14.2. The molecular formula is C12H13BrN2O4S2. The number of hydrogen-bond acceptors (Lipinski definition) is 5. The van der Waals surface area contributed by atoms with Gasteiger partial charge in [-0.2, -0.15) is 0 Å². The summed E-state index contributed by atoms with van der Waals surface area (Å²) in [4.78, 5) is 10.3. The van der Waals surface area contributed by atoms with Gasteiger partial charge in [-0.3, -0.25) is 14.4 Å². The summed E-state index contributed by atoms with van der Waals surface area (Å²) in [7, 11) is -3.64. The molecule has 1 aromatic rings. The molecule has 1 fully saturated rings. The molecule has 0 aromatic heterocycles. The van der Waals surface area contributed by atoms with Crippen LogP contribution in [0.4, 0.5) is 0 Å². The van der Waals surface area contributed by atoms with Crippen molar-refractivity contribution < 1.29 is 13.3 Å². The highest BCUT2D eigenvalue weighted by Crippen LogP contribution is 2.35. The SMILES string of the molecule is O=[N+]([O-])C(Br)=C1SCCCN1S(=O)(=O)Cc1ccccc1. The monoisotopic (exact) mass is 392 g/mol. The highest BCUT2D eigenvalue weighted by Gasteiger charge is 2.33. The summed E-state index contributed by atoms with van der Waals surface area (Å²) in [6.07, 6.45) is 0.667. The summed E-state index contributed by atoms with van der Waals surface area (Å²) in [6, 6.07) is 8.78. The Labute approximate surface area is 135 Å². The molecule has 0 saturated carbocycles. The van der Waals surface area contributed by atoms with Crippen molar-refractivity contribution in [1.29, 1.82) is 0 Å². The molecule has 114 valence electrons. The van der Waals surface area contributed by atoms with Crippen LogP contribution in [-0.4, -0.2) is 29.9 Å². The van der Waals surface area contributed by atoms with Crippen LogP contribution >= 0.6 is 27.7 Å². The molecule has 0 amide bonds. The van der Waals surface area contributed by atoms with Gasteiger partial charge in [-0.15, -0.1) is 0 Å². The topological polar surface area (TPSA) is 80.5 Å². The Morgan fingerprint density at radius 1 is 1.38 bits per heavy atom. The molecule has 0 atom stereocenters. The number of nitrogens with zero attached hydrogens (tertiary/aromatic N) is 2. The van der Waals surface area contributed by atoms with E-state index in [0.717, 1.165) is 4.31 Å². The molecule has 0 bridgehead atoms. The van der Waals surface area contributed by atoms with Gasteiger partial charge < -0.3 is 0 Å². The summed E-state index contributed by atoms with van der Waals surface area (Å²) in [5.74, 6) is 0.492. The number of benzene rings is 1. The van der Waals surface area contributed by atoms with E-state index in [4.69, 9.17) is 0 Å². The summed E-state index contributed by atoms with van der Waals surface area (Å²) in [6.45, 7) is 0.264. The van der Waals surface area contributed by atoms with Crippen LogP contribution in [0.1, 0.15) is 12.0 Å². The molecule has 1 aliphatic rings. The van der Waals surface area contributed by atoms with Crippen molar-refractivity contribution in [2.24, 2.45) is 0 Å². The van der Waals surface area contributed by atoms with Gasteiger partial charge in [0.1, 0.15) is 0 Å². The number of halogens is 1. The smallest absolute Gasteiger partial charge is 0.258 e. The molecular weight excluding hydrogens is 380 g/mol. The number of rotatable bonds is 4. The molecule has 1 aromatic carbocycles. The predicted octanol–water partition coefficient (Wildman–Crippen LogP) is 2.75. The van der Waals surface area contributed by atoms with Crippen LogP contribution in [0.5, 0.6) is 0 Å². The average Bonchev–Trinajstić information content (AvgIpc) is 2.47. The highest BCUT2D eigenvalue weighted by atomic mass is 79.9. The maximum absolute atomic E-state index is 12.5. The first-order valence-electron chi connectivity index (χ1n) is 6.13. The van der Waals surface area contributed by atoms with Crippen LogP contribution in [0.25, 0.3) is 0 Å². The van der Waals surface area contributed by atoms with Crippen molar-refractivity contribution in [3.8, 4) is 0 Å². The average molecular weight is 393 g/mol. The fourth-order valence-electron chi connectivity index (χ4n) is 1.92. The Morgan fingerprint density at radius 2 is 2.05 bits per heavy atom. The molecule has 1 saturated heterocycles. The first-order valence-corrected chi connectivity index (χ1v) is 9.52. The lowest BCUT2D eigenvalue weighted by atomic mass is 10.2. The van der Waals surface area contributed by atoms with E-state index in [-0.39, 0.29) is 21.9 Å².